The van der Waals surface area contributed by atoms with Crippen LogP contribution in [0.5, 0.6) is 0 Å². The Kier molecular flexibility index (Phi) is 5.39. The Morgan fingerprint density at radius 1 is 1.16 bits per heavy atom. The molecule has 0 rings (SSSR count). The second-order valence-corrected chi connectivity index (χ2v) is 5.67. The summed E-state index contributed by atoms with van der Waals surface area (Å²) >= 11 is 0. The van der Waals surface area contributed by atoms with Gasteiger partial charge in [-0.05, 0) is 20.3 Å². The second kappa shape index (κ2) is 5.78. The molecule has 1 N–H and O–H groups in total. The number of alkyl halides is 2. The summed E-state index contributed by atoms with van der Waals surface area (Å²) in [5.41, 5.74) is -0.905. The number of hydrogen-bond donors (Lipinski definition) is 1. The van der Waals surface area contributed by atoms with Crippen molar-refractivity contribution in [1.82, 2.24) is 0 Å². The van der Waals surface area contributed by atoms with Gasteiger partial charge in [-0.25, -0.2) is 4.79 Å². The highest BCUT2D eigenvalue weighted by Gasteiger charge is 2.54. The van der Waals surface area contributed by atoms with Crippen molar-refractivity contribution in [3.63, 3.8) is 0 Å². The molecule has 0 radical (unpaired) electrons. The van der Waals surface area contributed by atoms with Crippen molar-refractivity contribution in [1.29, 1.82) is 0 Å². The summed E-state index contributed by atoms with van der Waals surface area (Å²) in [7, 11) is -5.93. The molecular weight excluding hydrogens is 290 g/mol. The van der Waals surface area contributed by atoms with Gasteiger partial charge in [-0.3, -0.25) is 9.35 Å². The molecule has 0 aliphatic carbocycles. The van der Waals surface area contributed by atoms with Crippen molar-refractivity contribution < 1.29 is 40.8 Å². The van der Waals surface area contributed by atoms with Crippen LogP contribution in [0.15, 0.2) is 0 Å². The quantitative estimate of drug-likeness (QED) is 0.442. The van der Waals surface area contributed by atoms with Crippen molar-refractivity contribution in [2.24, 2.45) is 5.41 Å². The third-order valence-corrected chi connectivity index (χ3v) is 3.19. The van der Waals surface area contributed by atoms with E-state index in [1.54, 1.807) is 6.92 Å². The summed E-state index contributed by atoms with van der Waals surface area (Å²) in [4.78, 5) is 22.1. The molecule has 0 aliphatic rings. The second-order valence-electron chi connectivity index (χ2n) is 4.21. The summed E-state index contributed by atoms with van der Waals surface area (Å²) in [6, 6.07) is 0. The van der Waals surface area contributed by atoms with Crippen LogP contribution in [-0.4, -0.2) is 37.0 Å². The van der Waals surface area contributed by atoms with Gasteiger partial charge in [0.2, 0.25) is 6.79 Å². The van der Waals surface area contributed by atoms with Crippen molar-refractivity contribution in [2.45, 2.75) is 32.4 Å². The number of carbonyl (C=O) groups is 2. The van der Waals surface area contributed by atoms with Gasteiger partial charge in [-0.15, -0.1) is 0 Å². The molecule has 0 amide bonds. The van der Waals surface area contributed by atoms with E-state index in [1.807, 2.05) is 0 Å². The Balaban J connectivity index is 4.47. The van der Waals surface area contributed by atoms with Crippen molar-refractivity contribution in [3.8, 4) is 0 Å². The van der Waals surface area contributed by atoms with Crippen LogP contribution in [0.1, 0.15) is 27.2 Å². The van der Waals surface area contributed by atoms with Gasteiger partial charge >= 0.3 is 27.3 Å². The van der Waals surface area contributed by atoms with Crippen LogP contribution < -0.4 is 0 Å². The third kappa shape index (κ3) is 4.39. The molecule has 0 fully saturated rings. The number of ether oxygens (including phenoxy) is 2. The van der Waals surface area contributed by atoms with Gasteiger partial charge in [-0.1, -0.05) is 6.92 Å². The van der Waals surface area contributed by atoms with Crippen LogP contribution in [-0.2, 0) is 29.2 Å². The molecule has 19 heavy (non-hydrogen) atoms. The SMILES string of the molecule is CCC(C)(C)C(=O)OCOC(=O)C(F)(F)S(=O)(=O)O. The fourth-order valence-corrected chi connectivity index (χ4v) is 0.935. The van der Waals surface area contributed by atoms with Crippen molar-refractivity contribution in [2.75, 3.05) is 6.79 Å². The van der Waals surface area contributed by atoms with Crippen LogP contribution in [0.2, 0.25) is 0 Å². The summed E-state index contributed by atoms with van der Waals surface area (Å²) in [6.07, 6.45) is 0.390. The molecule has 0 atom stereocenters. The minimum absolute atomic E-state index is 0.390. The van der Waals surface area contributed by atoms with Crippen LogP contribution in [0.3, 0.4) is 0 Å². The zero-order valence-electron chi connectivity index (χ0n) is 10.5. The third-order valence-electron chi connectivity index (χ3n) is 2.38. The first-order valence-corrected chi connectivity index (χ1v) is 6.49. The van der Waals surface area contributed by atoms with Gasteiger partial charge in [0.25, 0.3) is 0 Å². The normalized spacial score (nSPS) is 12.9. The number of esters is 2. The van der Waals surface area contributed by atoms with Gasteiger partial charge in [0.15, 0.2) is 0 Å². The molecular formula is C9H14F2O7S. The van der Waals surface area contributed by atoms with E-state index < -0.39 is 39.5 Å². The highest BCUT2D eigenvalue weighted by Crippen LogP contribution is 2.23. The minimum atomic E-state index is -5.93. The lowest BCUT2D eigenvalue weighted by atomic mass is 9.91. The van der Waals surface area contributed by atoms with Crippen LogP contribution >= 0.6 is 0 Å². The molecule has 0 saturated carbocycles. The fourth-order valence-electron chi connectivity index (χ4n) is 0.666. The first-order chi connectivity index (χ1) is 8.36. The zero-order valence-corrected chi connectivity index (χ0v) is 11.3. The predicted octanol–water partition coefficient (Wildman–Crippen LogP) is 0.947. The van der Waals surface area contributed by atoms with E-state index in [4.69, 9.17) is 4.55 Å². The zero-order chi connectivity index (χ0) is 15.5. The largest absolute Gasteiger partial charge is 0.465 e. The first-order valence-electron chi connectivity index (χ1n) is 5.05. The molecule has 0 saturated heterocycles. The molecule has 10 heteroatoms. The van der Waals surface area contributed by atoms with E-state index >= 15 is 0 Å². The Bertz CT molecular complexity index is 455. The van der Waals surface area contributed by atoms with Gasteiger partial charge in [0.1, 0.15) is 0 Å². The lowest BCUT2D eigenvalue weighted by Gasteiger charge is -2.20. The lowest BCUT2D eigenvalue weighted by Crippen LogP contribution is -2.39. The highest BCUT2D eigenvalue weighted by atomic mass is 32.2. The number of rotatable bonds is 6. The average Bonchev–Trinajstić information content (AvgIpc) is 2.26. The Hall–Kier alpha value is -1.29. The maximum Gasteiger partial charge on any atom is 0.465 e. The molecule has 0 bridgehead atoms. The number of hydrogen-bond acceptors (Lipinski definition) is 6. The van der Waals surface area contributed by atoms with Gasteiger partial charge in [0, 0.05) is 0 Å². The fraction of sp³-hybridized carbons (Fsp3) is 0.778. The minimum Gasteiger partial charge on any atom is -0.427 e. The first kappa shape index (κ1) is 17.7. The maximum atomic E-state index is 12.7. The Morgan fingerprint density at radius 2 is 1.58 bits per heavy atom. The van der Waals surface area contributed by atoms with Crippen molar-refractivity contribution in [3.05, 3.63) is 0 Å². The topological polar surface area (TPSA) is 107 Å². The summed E-state index contributed by atoms with van der Waals surface area (Å²) in [5.74, 6) is -3.34. The summed E-state index contributed by atoms with van der Waals surface area (Å²) in [5, 5.41) is -5.11. The van der Waals surface area contributed by atoms with Crippen LogP contribution in [0.4, 0.5) is 8.78 Å². The van der Waals surface area contributed by atoms with Crippen LogP contribution in [0, 0.1) is 5.41 Å². The predicted molar refractivity (Wildman–Crippen MR) is 57.6 cm³/mol. The number of carbonyl (C=O) groups excluding carboxylic acids is 2. The van der Waals surface area contributed by atoms with E-state index in [-0.39, 0.29) is 0 Å². The standard InChI is InChI=1S/C9H14F2O7S/c1-4-8(2,3)6(12)17-5-18-7(13)9(10,11)19(14,15)16/h4-5H2,1-3H3,(H,14,15,16). The molecule has 112 valence electrons. The smallest absolute Gasteiger partial charge is 0.427 e. The maximum absolute atomic E-state index is 12.7. The monoisotopic (exact) mass is 304 g/mol. The van der Waals surface area contributed by atoms with Gasteiger partial charge < -0.3 is 9.47 Å². The number of halogens is 2. The molecule has 0 heterocycles. The van der Waals surface area contributed by atoms with E-state index in [0.717, 1.165) is 0 Å². The van der Waals surface area contributed by atoms with E-state index in [1.165, 1.54) is 13.8 Å². The molecule has 0 aromatic heterocycles. The molecule has 0 unspecified atom stereocenters. The summed E-state index contributed by atoms with van der Waals surface area (Å²) < 4.78 is 62.0. The Morgan fingerprint density at radius 3 is 1.95 bits per heavy atom. The lowest BCUT2D eigenvalue weighted by molar-refractivity contribution is -0.183. The molecule has 0 aliphatic heterocycles. The summed E-state index contributed by atoms with van der Waals surface area (Å²) in [6.45, 7) is 3.54. The molecule has 7 nitrogen and oxygen atoms in total. The molecule has 0 aromatic rings. The molecule has 0 spiro atoms. The van der Waals surface area contributed by atoms with Crippen molar-refractivity contribution >= 4 is 22.1 Å². The van der Waals surface area contributed by atoms with E-state index in [9.17, 15) is 26.8 Å². The average molecular weight is 304 g/mol. The van der Waals surface area contributed by atoms with Gasteiger partial charge in [-0.2, -0.15) is 17.2 Å². The molecule has 0 aromatic carbocycles. The van der Waals surface area contributed by atoms with E-state index in [2.05, 4.69) is 9.47 Å². The highest BCUT2D eigenvalue weighted by molar-refractivity contribution is 7.87. The Labute approximate surface area is 108 Å². The van der Waals surface area contributed by atoms with E-state index in [0.29, 0.717) is 6.42 Å². The van der Waals surface area contributed by atoms with Gasteiger partial charge in [0.05, 0.1) is 5.41 Å². The van der Waals surface area contributed by atoms with Crippen LogP contribution in [0.25, 0.3) is 0 Å².